The van der Waals surface area contributed by atoms with Crippen LogP contribution in [0, 0.1) is 10.7 Å². The molecule has 0 saturated heterocycles. The van der Waals surface area contributed by atoms with Gasteiger partial charge in [-0.05, 0) is 49.0 Å². The molecule has 2 N–H and O–H groups in total. The van der Waals surface area contributed by atoms with E-state index >= 15 is 0 Å². The Balaban J connectivity index is 1.65. The van der Waals surface area contributed by atoms with Gasteiger partial charge in [0.15, 0.2) is 9.93 Å². The average Bonchev–Trinajstić information content (AvgIpc) is 3.14. The molecule has 0 aliphatic carbocycles. The number of allylic oxidation sites excluding steroid dienone is 1. The molecule has 0 spiro atoms. The SMILES string of the molecule is C=CCn1c(=S)[nH]c2cc(C(=O)NCCCc3nnc(SC)n3CC(C)C)ccc2c1=O. The largest absolute Gasteiger partial charge is 0.352 e. The maximum Gasteiger partial charge on any atom is 0.262 e. The van der Waals surface area contributed by atoms with E-state index in [4.69, 9.17) is 12.2 Å². The van der Waals surface area contributed by atoms with Gasteiger partial charge in [0.25, 0.3) is 11.5 Å². The van der Waals surface area contributed by atoms with E-state index in [0.717, 1.165) is 30.4 Å². The Morgan fingerprint density at radius 3 is 2.81 bits per heavy atom. The number of aryl methyl sites for hydroxylation is 1. The van der Waals surface area contributed by atoms with E-state index in [9.17, 15) is 9.59 Å². The van der Waals surface area contributed by atoms with Crippen LogP contribution in [-0.2, 0) is 19.5 Å². The van der Waals surface area contributed by atoms with Crippen molar-refractivity contribution in [3.05, 3.63) is 57.4 Å². The number of benzene rings is 1. The fraction of sp³-hybridized carbons (Fsp3) is 0.409. The molecule has 0 bridgehead atoms. The third-order valence-corrected chi connectivity index (χ3v) is 5.93. The molecule has 1 aromatic carbocycles. The highest BCUT2D eigenvalue weighted by molar-refractivity contribution is 7.98. The van der Waals surface area contributed by atoms with Crippen molar-refractivity contribution in [3.63, 3.8) is 0 Å². The fourth-order valence-electron chi connectivity index (χ4n) is 3.44. The highest BCUT2D eigenvalue weighted by Gasteiger charge is 2.13. The molecule has 0 saturated carbocycles. The van der Waals surface area contributed by atoms with E-state index in [-0.39, 0.29) is 11.5 Å². The van der Waals surface area contributed by atoms with Crippen molar-refractivity contribution < 1.29 is 4.79 Å². The highest BCUT2D eigenvalue weighted by atomic mass is 32.2. The molecule has 32 heavy (non-hydrogen) atoms. The van der Waals surface area contributed by atoms with E-state index in [1.165, 1.54) is 4.57 Å². The number of rotatable bonds is 10. The Kier molecular flexibility index (Phi) is 8.03. The molecular weight excluding hydrogens is 444 g/mol. The topological polar surface area (TPSA) is 97.6 Å². The van der Waals surface area contributed by atoms with Gasteiger partial charge in [-0.3, -0.25) is 14.2 Å². The van der Waals surface area contributed by atoms with Gasteiger partial charge in [0, 0.05) is 31.6 Å². The normalized spacial score (nSPS) is 11.2. The zero-order chi connectivity index (χ0) is 23.3. The van der Waals surface area contributed by atoms with Crippen molar-refractivity contribution in [2.75, 3.05) is 12.8 Å². The molecule has 170 valence electrons. The monoisotopic (exact) mass is 472 g/mol. The minimum absolute atomic E-state index is 0.199. The van der Waals surface area contributed by atoms with E-state index in [1.54, 1.807) is 36.0 Å². The number of hydrogen-bond donors (Lipinski definition) is 2. The van der Waals surface area contributed by atoms with Gasteiger partial charge in [-0.1, -0.05) is 31.7 Å². The number of thioether (sulfide) groups is 1. The second-order valence-corrected chi connectivity index (χ2v) is 9.02. The molecule has 0 atom stereocenters. The van der Waals surface area contributed by atoms with Gasteiger partial charge in [-0.2, -0.15) is 0 Å². The minimum Gasteiger partial charge on any atom is -0.352 e. The predicted molar refractivity (Wildman–Crippen MR) is 131 cm³/mol. The summed E-state index contributed by atoms with van der Waals surface area (Å²) in [6.07, 6.45) is 5.09. The summed E-state index contributed by atoms with van der Waals surface area (Å²) in [5, 5.41) is 12.9. The molecule has 0 aliphatic rings. The van der Waals surface area contributed by atoms with E-state index < -0.39 is 0 Å². The lowest BCUT2D eigenvalue weighted by Gasteiger charge is -2.12. The number of hydrogen-bond acceptors (Lipinski definition) is 6. The van der Waals surface area contributed by atoms with E-state index in [1.807, 2.05) is 6.26 Å². The van der Waals surface area contributed by atoms with Crippen molar-refractivity contribution >= 4 is 40.8 Å². The first kappa shape index (κ1) is 23.9. The second kappa shape index (κ2) is 10.7. The maximum atomic E-state index is 12.6. The quantitative estimate of drug-likeness (QED) is 0.203. The van der Waals surface area contributed by atoms with Crippen LogP contribution >= 0.6 is 24.0 Å². The Hall–Kier alpha value is -2.72. The lowest BCUT2D eigenvalue weighted by Crippen LogP contribution is -2.26. The Bertz CT molecular complexity index is 1240. The molecule has 0 radical (unpaired) electrons. The summed E-state index contributed by atoms with van der Waals surface area (Å²) in [7, 11) is 0. The van der Waals surface area contributed by atoms with Gasteiger partial charge in [0.1, 0.15) is 5.82 Å². The molecule has 8 nitrogen and oxygen atoms in total. The number of carbonyl (C=O) groups is 1. The number of aromatic amines is 1. The number of nitrogens with zero attached hydrogens (tertiary/aromatic N) is 4. The third kappa shape index (κ3) is 5.36. The van der Waals surface area contributed by atoms with Crippen molar-refractivity contribution in [3.8, 4) is 0 Å². The molecule has 0 aliphatic heterocycles. The lowest BCUT2D eigenvalue weighted by atomic mass is 10.1. The predicted octanol–water partition coefficient (Wildman–Crippen LogP) is 3.58. The third-order valence-electron chi connectivity index (χ3n) is 4.94. The Morgan fingerprint density at radius 1 is 1.34 bits per heavy atom. The molecule has 3 rings (SSSR count). The van der Waals surface area contributed by atoms with Crippen LogP contribution in [0.4, 0.5) is 0 Å². The van der Waals surface area contributed by atoms with Crippen LogP contribution in [0.3, 0.4) is 0 Å². The molecule has 0 unspecified atom stereocenters. The smallest absolute Gasteiger partial charge is 0.262 e. The number of aromatic nitrogens is 5. The summed E-state index contributed by atoms with van der Waals surface area (Å²) >= 11 is 6.85. The van der Waals surface area contributed by atoms with Gasteiger partial charge < -0.3 is 14.9 Å². The van der Waals surface area contributed by atoms with Crippen molar-refractivity contribution in [1.82, 2.24) is 29.6 Å². The number of nitrogens with one attached hydrogen (secondary N) is 2. The summed E-state index contributed by atoms with van der Waals surface area (Å²) in [6.45, 7) is 9.69. The van der Waals surface area contributed by atoms with Crippen LogP contribution < -0.4 is 10.9 Å². The number of fused-ring (bicyclic) bond motifs is 1. The lowest BCUT2D eigenvalue weighted by molar-refractivity contribution is 0.0953. The summed E-state index contributed by atoms with van der Waals surface area (Å²) in [6, 6.07) is 4.96. The van der Waals surface area contributed by atoms with Crippen LogP contribution in [0.25, 0.3) is 10.9 Å². The van der Waals surface area contributed by atoms with Gasteiger partial charge in [0.2, 0.25) is 0 Å². The standard InChI is InChI=1S/C22H28N6O2S2/c1-5-11-27-20(30)16-9-8-15(12-17(16)24-21(27)31)19(29)23-10-6-7-18-25-26-22(32-4)28(18)13-14(2)3/h5,8-9,12,14H,1,6-7,10-11,13H2,2-4H3,(H,23,29)(H,24,31). The van der Waals surface area contributed by atoms with E-state index in [0.29, 0.717) is 40.2 Å². The first-order valence-corrected chi connectivity index (χ1v) is 12.1. The van der Waals surface area contributed by atoms with Crippen LogP contribution in [0.15, 0.2) is 40.8 Å². The average molecular weight is 473 g/mol. The van der Waals surface area contributed by atoms with Crippen LogP contribution in [0.1, 0.15) is 36.5 Å². The molecule has 1 amide bonds. The first-order valence-electron chi connectivity index (χ1n) is 10.5. The zero-order valence-electron chi connectivity index (χ0n) is 18.6. The molecule has 3 aromatic rings. The molecular formula is C22H28N6O2S2. The number of H-pyrrole nitrogens is 1. The highest BCUT2D eigenvalue weighted by Crippen LogP contribution is 2.17. The molecule has 0 fully saturated rings. The van der Waals surface area contributed by atoms with Gasteiger partial charge in [-0.25, -0.2) is 0 Å². The first-order chi connectivity index (χ1) is 15.3. The van der Waals surface area contributed by atoms with Crippen LogP contribution in [0.5, 0.6) is 0 Å². The maximum absolute atomic E-state index is 12.6. The molecule has 10 heteroatoms. The molecule has 2 aromatic heterocycles. The van der Waals surface area contributed by atoms with Crippen LogP contribution in [0.2, 0.25) is 0 Å². The summed E-state index contributed by atoms with van der Waals surface area (Å²) in [4.78, 5) is 28.2. The van der Waals surface area contributed by atoms with Crippen molar-refractivity contribution in [1.29, 1.82) is 0 Å². The summed E-state index contributed by atoms with van der Waals surface area (Å²) in [5.74, 6) is 1.23. The fourth-order valence-corrected chi connectivity index (χ4v) is 4.23. The minimum atomic E-state index is -0.203. The van der Waals surface area contributed by atoms with Crippen molar-refractivity contribution in [2.24, 2.45) is 5.92 Å². The van der Waals surface area contributed by atoms with E-state index in [2.05, 4.69) is 45.5 Å². The number of amides is 1. The Morgan fingerprint density at radius 2 is 2.12 bits per heavy atom. The Labute approximate surface area is 196 Å². The van der Waals surface area contributed by atoms with Gasteiger partial charge in [-0.15, -0.1) is 16.8 Å². The van der Waals surface area contributed by atoms with Gasteiger partial charge in [0.05, 0.1) is 10.9 Å². The van der Waals surface area contributed by atoms with Crippen LogP contribution in [-0.4, -0.2) is 43.0 Å². The summed E-state index contributed by atoms with van der Waals surface area (Å²) < 4.78 is 3.89. The molecule has 2 heterocycles. The van der Waals surface area contributed by atoms with Crippen molar-refractivity contribution in [2.45, 2.75) is 44.9 Å². The zero-order valence-corrected chi connectivity index (χ0v) is 20.2. The van der Waals surface area contributed by atoms with Gasteiger partial charge >= 0.3 is 0 Å². The second-order valence-electron chi connectivity index (χ2n) is 7.86. The number of carbonyl (C=O) groups excluding carboxylic acids is 1. The summed E-state index contributed by atoms with van der Waals surface area (Å²) in [5.41, 5.74) is 0.807.